The second-order valence-corrected chi connectivity index (χ2v) is 4.45. The van der Waals surface area contributed by atoms with E-state index < -0.39 is 0 Å². The van der Waals surface area contributed by atoms with Gasteiger partial charge in [0.2, 0.25) is 5.91 Å². The summed E-state index contributed by atoms with van der Waals surface area (Å²) in [5.74, 6) is 1.01. The Hall–Kier alpha value is -2.56. The highest BCUT2D eigenvalue weighted by Crippen LogP contribution is 2.15. The van der Waals surface area contributed by atoms with Crippen molar-refractivity contribution in [3.8, 4) is 0 Å². The van der Waals surface area contributed by atoms with E-state index in [1.807, 2.05) is 30.5 Å². The van der Waals surface area contributed by atoms with E-state index in [4.69, 9.17) is 4.52 Å². The quantitative estimate of drug-likeness (QED) is 0.755. The minimum Gasteiger partial charge on any atom is -0.361 e. The topological polar surface area (TPSA) is 70.9 Å². The molecule has 0 atom stereocenters. The standard InChI is InChI=1S/C14H13N3O2/c1-9-6-13(17-19-9)16-14(18)8-10-2-3-11-4-5-15-12(11)7-10/h2-7,15H,8H2,1H3,(H,16,17,18). The lowest BCUT2D eigenvalue weighted by atomic mass is 10.1. The summed E-state index contributed by atoms with van der Waals surface area (Å²) in [6, 6.07) is 9.60. The molecule has 0 saturated heterocycles. The van der Waals surface area contributed by atoms with Crippen LogP contribution < -0.4 is 5.32 Å². The molecule has 0 saturated carbocycles. The minimum atomic E-state index is -0.112. The number of aryl methyl sites for hydroxylation is 1. The summed E-state index contributed by atoms with van der Waals surface area (Å²) in [7, 11) is 0. The van der Waals surface area contributed by atoms with Crippen molar-refractivity contribution in [3.63, 3.8) is 0 Å². The maximum Gasteiger partial charge on any atom is 0.230 e. The minimum absolute atomic E-state index is 0.112. The van der Waals surface area contributed by atoms with Crippen LogP contribution in [0.5, 0.6) is 0 Å². The van der Waals surface area contributed by atoms with Crippen molar-refractivity contribution in [2.75, 3.05) is 5.32 Å². The molecule has 0 aliphatic heterocycles. The van der Waals surface area contributed by atoms with Gasteiger partial charge in [-0.25, -0.2) is 0 Å². The molecule has 0 spiro atoms. The predicted molar refractivity (Wildman–Crippen MR) is 71.9 cm³/mol. The summed E-state index contributed by atoms with van der Waals surface area (Å²) in [5, 5.41) is 7.56. The Labute approximate surface area is 109 Å². The van der Waals surface area contributed by atoms with Gasteiger partial charge in [-0.3, -0.25) is 4.79 Å². The molecule has 0 bridgehead atoms. The number of rotatable bonds is 3. The molecular formula is C14H13N3O2. The number of hydrogen-bond donors (Lipinski definition) is 2. The number of fused-ring (bicyclic) bond motifs is 1. The maximum atomic E-state index is 11.9. The summed E-state index contributed by atoms with van der Waals surface area (Å²) in [6.45, 7) is 1.78. The Morgan fingerprint density at radius 2 is 2.26 bits per heavy atom. The van der Waals surface area contributed by atoms with Crippen LogP contribution >= 0.6 is 0 Å². The van der Waals surface area contributed by atoms with E-state index in [9.17, 15) is 4.79 Å². The van der Waals surface area contributed by atoms with Gasteiger partial charge in [-0.1, -0.05) is 17.3 Å². The molecule has 5 nitrogen and oxygen atoms in total. The predicted octanol–water partition coefficient (Wildman–Crippen LogP) is 2.65. The first-order chi connectivity index (χ1) is 9.20. The lowest BCUT2D eigenvalue weighted by Crippen LogP contribution is -2.14. The molecule has 2 aromatic heterocycles. The van der Waals surface area contributed by atoms with E-state index in [0.717, 1.165) is 16.5 Å². The second-order valence-electron chi connectivity index (χ2n) is 4.45. The number of aromatic amines is 1. The van der Waals surface area contributed by atoms with E-state index in [1.165, 1.54) is 0 Å². The van der Waals surface area contributed by atoms with Crippen LogP contribution in [-0.4, -0.2) is 16.0 Å². The van der Waals surface area contributed by atoms with E-state index in [0.29, 0.717) is 18.0 Å². The highest BCUT2D eigenvalue weighted by Gasteiger charge is 2.07. The molecule has 0 aliphatic carbocycles. The molecule has 19 heavy (non-hydrogen) atoms. The first kappa shape index (κ1) is 11.5. The van der Waals surface area contributed by atoms with E-state index >= 15 is 0 Å². The van der Waals surface area contributed by atoms with Gasteiger partial charge in [-0.05, 0) is 30.0 Å². The van der Waals surface area contributed by atoms with Crippen LogP contribution in [0, 0.1) is 6.92 Å². The van der Waals surface area contributed by atoms with Crippen LogP contribution in [0.15, 0.2) is 41.1 Å². The van der Waals surface area contributed by atoms with Crippen molar-refractivity contribution >= 4 is 22.6 Å². The molecule has 3 aromatic rings. The maximum absolute atomic E-state index is 11.9. The number of benzene rings is 1. The average Bonchev–Trinajstić information content (AvgIpc) is 2.97. The highest BCUT2D eigenvalue weighted by molar-refractivity contribution is 5.92. The average molecular weight is 255 g/mol. The number of aromatic nitrogens is 2. The third kappa shape index (κ3) is 2.49. The number of carbonyl (C=O) groups excluding carboxylic acids is 1. The van der Waals surface area contributed by atoms with Gasteiger partial charge < -0.3 is 14.8 Å². The lowest BCUT2D eigenvalue weighted by molar-refractivity contribution is -0.115. The highest BCUT2D eigenvalue weighted by atomic mass is 16.5. The van der Waals surface area contributed by atoms with Gasteiger partial charge in [-0.2, -0.15) is 0 Å². The molecule has 96 valence electrons. The second kappa shape index (κ2) is 4.61. The van der Waals surface area contributed by atoms with Crippen molar-refractivity contribution in [2.45, 2.75) is 13.3 Å². The van der Waals surface area contributed by atoms with Crippen molar-refractivity contribution in [3.05, 3.63) is 47.9 Å². The fraction of sp³-hybridized carbons (Fsp3) is 0.143. The first-order valence-corrected chi connectivity index (χ1v) is 6.00. The molecule has 3 rings (SSSR count). The van der Waals surface area contributed by atoms with Crippen molar-refractivity contribution in [2.24, 2.45) is 0 Å². The van der Waals surface area contributed by atoms with E-state index in [-0.39, 0.29) is 5.91 Å². The number of carbonyl (C=O) groups is 1. The third-order valence-corrected chi connectivity index (χ3v) is 2.88. The number of hydrogen-bond acceptors (Lipinski definition) is 3. The molecule has 2 heterocycles. The van der Waals surface area contributed by atoms with Gasteiger partial charge in [-0.15, -0.1) is 0 Å². The number of amides is 1. The molecule has 0 aliphatic rings. The fourth-order valence-electron chi connectivity index (χ4n) is 2.00. The van der Waals surface area contributed by atoms with E-state index in [2.05, 4.69) is 15.5 Å². The zero-order valence-corrected chi connectivity index (χ0v) is 10.4. The summed E-state index contributed by atoms with van der Waals surface area (Å²) in [6.07, 6.45) is 2.19. The van der Waals surface area contributed by atoms with Gasteiger partial charge >= 0.3 is 0 Å². The number of nitrogens with one attached hydrogen (secondary N) is 2. The van der Waals surface area contributed by atoms with Crippen LogP contribution in [0.1, 0.15) is 11.3 Å². The van der Waals surface area contributed by atoms with Gasteiger partial charge in [0.1, 0.15) is 5.76 Å². The third-order valence-electron chi connectivity index (χ3n) is 2.88. The van der Waals surface area contributed by atoms with Crippen LogP contribution in [-0.2, 0) is 11.2 Å². The molecule has 2 N–H and O–H groups in total. The van der Waals surface area contributed by atoms with Crippen molar-refractivity contribution in [1.82, 2.24) is 10.1 Å². The SMILES string of the molecule is Cc1cc(NC(=O)Cc2ccc3cc[nH]c3c2)no1. The number of H-pyrrole nitrogens is 1. The Morgan fingerprint density at radius 1 is 1.37 bits per heavy atom. The van der Waals surface area contributed by atoms with Crippen molar-refractivity contribution in [1.29, 1.82) is 0 Å². The summed E-state index contributed by atoms with van der Waals surface area (Å²) in [4.78, 5) is 15.0. The van der Waals surface area contributed by atoms with Gasteiger partial charge in [0.25, 0.3) is 0 Å². The van der Waals surface area contributed by atoms with Crippen LogP contribution in [0.4, 0.5) is 5.82 Å². The van der Waals surface area contributed by atoms with Crippen LogP contribution in [0.3, 0.4) is 0 Å². The molecule has 0 fully saturated rings. The zero-order valence-electron chi connectivity index (χ0n) is 10.4. The molecule has 1 amide bonds. The summed E-state index contributed by atoms with van der Waals surface area (Å²) in [5.41, 5.74) is 1.98. The van der Waals surface area contributed by atoms with Crippen molar-refractivity contribution < 1.29 is 9.32 Å². The normalized spacial score (nSPS) is 10.8. The molecule has 1 aromatic carbocycles. The fourth-order valence-corrected chi connectivity index (χ4v) is 2.00. The molecule has 5 heteroatoms. The monoisotopic (exact) mass is 255 g/mol. The van der Waals surface area contributed by atoms with Crippen LogP contribution in [0.2, 0.25) is 0 Å². The number of nitrogens with zero attached hydrogens (tertiary/aromatic N) is 1. The van der Waals surface area contributed by atoms with E-state index in [1.54, 1.807) is 13.0 Å². The number of anilines is 1. The Balaban J connectivity index is 1.71. The van der Waals surface area contributed by atoms with Gasteiger partial charge in [0, 0.05) is 17.8 Å². The molecule has 0 unspecified atom stereocenters. The lowest BCUT2D eigenvalue weighted by Gasteiger charge is -2.02. The zero-order chi connectivity index (χ0) is 13.2. The van der Waals surface area contributed by atoms with Crippen LogP contribution in [0.25, 0.3) is 10.9 Å². The smallest absolute Gasteiger partial charge is 0.230 e. The van der Waals surface area contributed by atoms with Gasteiger partial charge in [0.05, 0.1) is 6.42 Å². The first-order valence-electron chi connectivity index (χ1n) is 6.00. The summed E-state index contributed by atoms with van der Waals surface area (Å²) < 4.78 is 4.89. The molecule has 0 radical (unpaired) electrons. The van der Waals surface area contributed by atoms with Gasteiger partial charge in [0.15, 0.2) is 5.82 Å². The molecular weight excluding hydrogens is 242 g/mol. The summed E-state index contributed by atoms with van der Waals surface area (Å²) >= 11 is 0. The Morgan fingerprint density at radius 3 is 3.05 bits per heavy atom. The largest absolute Gasteiger partial charge is 0.361 e. The Bertz CT molecular complexity index is 727. The Kier molecular flexibility index (Phi) is 2.79.